The van der Waals surface area contributed by atoms with E-state index in [1.807, 2.05) is 12.1 Å². The van der Waals surface area contributed by atoms with Gasteiger partial charge in [0.1, 0.15) is 0 Å². The van der Waals surface area contributed by atoms with Crippen molar-refractivity contribution in [2.45, 2.75) is 13.1 Å². The van der Waals surface area contributed by atoms with Gasteiger partial charge >= 0.3 is 0 Å². The minimum Gasteiger partial charge on any atom is -0.206 e. The molecule has 2 radical (unpaired) electrons. The monoisotopic (exact) mass is 466 g/mol. The van der Waals surface area contributed by atoms with Gasteiger partial charge in [0, 0.05) is 42.2 Å². The molecule has 27 heavy (non-hydrogen) atoms. The Kier molecular flexibility index (Phi) is 15.0. The number of rotatable bonds is 2. The first-order chi connectivity index (χ1) is 12.3. The van der Waals surface area contributed by atoms with Crippen molar-refractivity contribution in [1.82, 2.24) is 0 Å². The van der Waals surface area contributed by atoms with Gasteiger partial charge in [-0.15, -0.1) is 12.4 Å². The van der Waals surface area contributed by atoms with Crippen LogP contribution in [0.3, 0.4) is 0 Å². The van der Waals surface area contributed by atoms with Crippen LogP contribution in [0.15, 0.2) is 109 Å². The predicted molar refractivity (Wildman–Crippen MR) is 121 cm³/mol. The van der Waals surface area contributed by atoms with E-state index in [0.717, 1.165) is 9.52 Å². The third-order valence-electron chi connectivity index (χ3n) is 3.54. The number of halogens is 1. The molecule has 0 aliphatic rings. The van der Waals surface area contributed by atoms with E-state index in [2.05, 4.69) is 110 Å². The van der Waals surface area contributed by atoms with Gasteiger partial charge in [0.25, 0.3) is 0 Å². The number of hydrogen-bond acceptors (Lipinski definition) is 0. The van der Waals surface area contributed by atoms with Gasteiger partial charge in [-0.2, -0.15) is 47.5 Å². The third-order valence-corrected chi connectivity index (χ3v) is 3.54. The Morgan fingerprint density at radius 1 is 0.556 bits per heavy atom. The summed E-state index contributed by atoms with van der Waals surface area (Å²) < 4.78 is 0. The van der Waals surface area contributed by atoms with Crippen molar-refractivity contribution in [3.05, 3.63) is 109 Å². The Labute approximate surface area is 197 Å². The zero-order chi connectivity index (χ0) is 17.7. The van der Waals surface area contributed by atoms with Gasteiger partial charge in [-0.25, -0.2) is 12.1 Å². The van der Waals surface area contributed by atoms with E-state index < -0.39 is 0 Å². The molecule has 0 spiro atoms. The van der Waals surface area contributed by atoms with E-state index in [-0.39, 0.29) is 45.1 Å². The summed E-state index contributed by atoms with van der Waals surface area (Å²) in [6, 6.07) is 37.5. The van der Waals surface area contributed by atoms with Crippen LogP contribution >= 0.6 is 12.4 Å². The van der Waals surface area contributed by atoms with Crippen LogP contribution in [0.2, 0.25) is 13.1 Å². The van der Waals surface area contributed by atoms with Crippen LogP contribution in [0.25, 0.3) is 22.3 Å². The van der Waals surface area contributed by atoms with E-state index in [4.69, 9.17) is 0 Å². The Hall–Kier alpha value is -1.25. The molecule has 0 fully saturated rings. The quantitative estimate of drug-likeness (QED) is 0.219. The maximum Gasteiger partial charge on any atom is 0.0213 e. The van der Waals surface area contributed by atoms with E-state index >= 15 is 0 Å². The first kappa shape index (κ1) is 25.8. The number of hydrogen-bond donors (Lipinski definition) is 0. The zero-order valence-electron chi connectivity index (χ0n) is 16.0. The van der Waals surface area contributed by atoms with Crippen molar-refractivity contribution >= 4 is 21.9 Å². The summed E-state index contributed by atoms with van der Waals surface area (Å²) in [6.07, 6.45) is 0. The van der Waals surface area contributed by atoms with Gasteiger partial charge in [0.15, 0.2) is 0 Å². The summed E-state index contributed by atoms with van der Waals surface area (Å²) in [5.74, 6) is 0. The van der Waals surface area contributed by atoms with Crippen molar-refractivity contribution in [2.75, 3.05) is 0 Å². The van der Waals surface area contributed by atoms with Gasteiger partial charge in [0.2, 0.25) is 0 Å². The molecule has 0 unspecified atom stereocenters. The summed E-state index contributed by atoms with van der Waals surface area (Å²) in [7, 11) is 0.750. The number of benzene rings is 2. The summed E-state index contributed by atoms with van der Waals surface area (Å²) in [4.78, 5) is 0. The van der Waals surface area contributed by atoms with Crippen molar-refractivity contribution in [1.29, 1.82) is 0 Å². The second-order valence-corrected chi connectivity index (χ2v) is 6.81. The van der Waals surface area contributed by atoms with Crippen LogP contribution in [0, 0.1) is 0 Å². The largest absolute Gasteiger partial charge is 0.206 e. The zero-order valence-corrected chi connectivity index (χ0v) is 20.8. The fourth-order valence-electron chi connectivity index (χ4n) is 2.39. The molecule has 0 amide bonds. The topological polar surface area (TPSA) is 0 Å². The molecule has 0 saturated heterocycles. The van der Waals surface area contributed by atoms with Gasteiger partial charge < -0.3 is 0 Å². The molecule has 0 nitrogen and oxygen atoms in total. The SMILES string of the molecule is C[SiH]C.Cl.[Y].c1ccc(-c2cc[cH-]c2)cc1.c1ccc(-c2cc[cH-]c2)cc1. The first-order valence-corrected chi connectivity index (χ1v) is 10.9. The summed E-state index contributed by atoms with van der Waals surface area (Å²) in [5, 5.41) is 0. The maximum absolute atomic E-state index is 2.21. The molecule has 0 N–H and O–H groups in total. The van der Waals surface area contributed by atoms with Crippen LogP contribution in [0.4, 0.5) is 0 Å². The Balaban J connectivity index is 0.000000412. The second-order valence-electron chi connectivity index (χ2n) is 5.66. The van der Waals surface area contributed by atoms with E-state index in [1.165, 1.54) is 22.3 Å². The molecular weight excluding hydrogens is 441 g/mol. The smallest absolute Gasteiger partial charge is 0.0213 e. The molecule has 138 valence electrons. The van der Waals surface area contributed by atoms with E-state index in [1.54, 1.807) is 0 Å². The van der Waals surface area contributed by atoms with Crippen LogP contribution in [0.1, 0.15) is 0 Å². The summed E-state index contributed by atoms with van der Waals surface area (Å²) >= 11 is 0. The Morgan fingerprint density at radius 3 is 1.15 bits per heavy atom. The normalized spacial score (nSPS) is 8.67. The molecule has 0 aliphatic heterocycles. The summed E-state index contributed by atoms with van der Waals surface area (Å²) in [5.41, 5.74) is 5.17. The molecule has 0 aromatic heterocycles. The molecule has 3 heteroatoms. The van der Waals surface area contributed by atoms with Gasteiger partial charge in [0.05, 0.1) is 0 Å². The fourth-order valence-corrected chi connectivity index (χ4v) is 2.39. The molecule has 0 saturated carbocycles. The second kappa shape index (κ2) is 15.8. The van der Waals surface area contributed by atoms with Gasteiger partial charge in [-0.3, -0.25) is 0 Å². The van der Waals surface area contributed by atoms with Crippen LogP contribution < -0.4 is 0 Å². The Morgan fingerprint density at radius 2 is 0.889 bits per heavy atom. The van der Waals surface area contributed by atoms with Crippen molar-refractivity contribution in [3.63, 3.8) is 0 Å². The van der Waals surface area contributed by atoms with Gasteiger partial charge in [-0.1, -0.05) is 84.9 Å². The van der Waals surface area contributed by atoms with Crippen molar-refractivity contribution in [2.24, 2.45) is 0 Å². The average molecular weight is 467 g/mol. The molecule has 0 bridgehead atoms. The van der Waals surface area contributed by atoms with E-state index in [9.17, 15) is 0 Å². The molecular formula is C24H26ClSiY-2. The fraction of sp³-hybridized carbons (Fsp3) is 0.0833. The average Bonchev–Trinajstić information content (AvgIpc) is 3.39. The minimum absolute atomic E-state index is 0. The molecule has 0 atom stereocenters. The molecule has 0 heterocycles. The van der Waals surface area contributed by atoms with Crippen LogP contribution in [-0.2, 0) is 32.7 Å². The molecule has 0 aliphatic carbocycles. The van der Waals surface area contributed by atoms with E-state index in [0.29, 0.717) is 0 Å². The molecule has 4 aromatic rings. The van der Waals surface area contributed by atoms with Crippen molar-refractivity contribution < 1.29 is 32.7 Å². The van der Waals surface area contributed by atoms with Crippen molar-refractivity contribution in [3.8, 4) is 22.3 Å². The molecule has 4 aromatic carbocycles. The first-order valence-electron chi connectivity index (χ1n) is 8.63. The van der Waals surface area contributed by atoms with Crippen LogP contribution in [0.5, 0.6) is 0 Å². The molecule has 4 rings (SSSR count). The minimum atomic E-state index is 0. The standard InChI is InChI=1S/2C11H9.C2H7Si.ClH.Y/c2*1-2-6-10(7-3-1)11-8-4-5-9-11;1-3-2;;/h2*1-9H;3H,1-2H3;1H;/q2*-1;;;. The van der Waals surface area contributed by atoms with Crippen LogP contribution in [-0.4, -0.2) is 9.52 Å². The third kappa shape index (κ3) is 9.49. The predicted octanol–water partition coefficient (Wildman–Crippen LogP) is 7.08. The Bertz CT molecular complexity index is 709. The maximum atomic E-state index is 2.21. The van der Waals surface area contributed by atoms with Gasteiger partial charge in [-0.05, 0) is 0 Å². The summed E-state index contributed by atoms with van der Waals surface area (Å²) in [6.45, 7) is 4.42.